The first kappa shape index (κ1) is 15.9. The van der Waals surface area contributed by atoms with Crippen LogP contribution in [0.25, 0.3) is 0 Å². The molecule has 1 aliphatic heterocycles. The van der Waals surface area contributed by atoms with Gasteiger partial charge in [-0.25, -0.2) is 4.98 Å². The second-order valence-corrected chi connectivity index (χ2v) is 5.53. The summed E-state index contributed by atoms with van der Waals surface area (Å²) in [5.74, 6) is 0.925. The molecule has 21 heavy (non-hydrogen) atoms. The van der Waals surface area contributed by atoms with Gasteiger partial charge in [0.25, 0.3) is 0 Å². The van der Waals surface area contributed by atoms with E-state index >= 15 is 0 Å². The van der Waals surface area contributed by atoms with E-state index in [4.69, 9.17) is 0 Å². The maximum absolute atomic E-state index is 12.8. The number of likely N-dealkylation sites (tertiary alicyclic amines) is 1. The van der Waals surface area contributed by atoms with Gasteiger partial charge in [-0.3, -0.25) is 0 Å². The standard InChI is InChI=1S/C14H21F3N4/c1-18-12-6-11(14(15,16)17)7-13(20-12)19-8-10-4-3-5-21(2)9-10/h6-7,10H,3-5,8-9H2,1-2H3,(H2,18,19,20). The van der Waals surface area contributed by atoms with Crippen molar-refractivity contribution in [3.05, 3.63) is 17.7 Å². The molecular formula is C14H21F3N4. The average molecular weight is 302 g/mol. The molecule has 1 atom stereocenters. The average Bonchev–Trinajstić information content (AvgIpc) is 2.44. The van der Waals surface area contributed by atoms with E-state index in [1.54, 1.807) is 7.05 Å². The van der Waals surface area contributed by atoms with Gasteiger partial charge >= 0.3 is 6.18 Å². The zero-order valence-corrected chi connectivity index (χ0v) is 12.3. The molecule has 1 unspecified atom stereocenters. The summed E-state index contributed by atoms with van der Waals surface area (Å²) in [6.07, 6.45) is -2.15. The van der Waals surface area contributed by atoms with Gasteiger partial charge < -0.3 is 15.5 Å². The number of nitrogens with zero attached hydrogens (tertiary/aromatic N) is 2. The van der Waals surface area contributed by atoms with Crippen molar-refractivity contribution < 1.29 is 13.2 Å². The van der Waals surface area contributed by atoms with E-state index in [1.165, 1.54) is 0 Å². The van der Waals surface area contributed by atoms with Crippen LogP contribution in [0.1, 0.15) is 18.4 Å². The van der Waals surface area contributed by atoms with Crippen LogP contribution < -0.4 is 10.6 Å². The van der Waals surface area contributed by atoms with Crippen molar-refractivity contribution in [3.8, 4) is 0 Å². The quantitative estimate of drug-likeness (QED) is 0.897. The van der Waals surface area contributed by atoms with Gasteiger partial charge in [-0.05, 0) is 44.5 Å². The van der Waals surface area contributed by atoms with E-state index in [9.17, 15) is 13.2 Å². The number of anilines is 2. The summed E-state index contributed by atoms with van der Waals surface area (Å²) in [6, 6.07) is 2.08. The fraction of sp³-hybridized carbons (Fsp3) is 0.643. The number of piperidine rings is 1. The lowest BCUT2D eigenvalue weighted by Gasteiger charge is -2.29. The van der Waals surface area contributed by atoms with E-state index in [2.05, 4.69) is 27.6 Å². The van der Waals surface area contributed by atoms with Gasteiger partial charge in [-0.15, -0.1) is 0 Å². The lowest BCUT2D eigenvalue weighted by atomic mass is 9.98. The largest absolute Gasteiger partial charge is 0.416 e. The van der Waals surface area contributed by atoms with Crippen molar-refractivity contribution in [2.24, 2.45) is 5.92 Å². The zero-order valence-electron chi connectivity index (χ0n) is 12.3. The van der Waals surface area contributed by atoms with Crippen molar-refractivity contribution in [1.82, 2.24) is 9.88 Å². The summed E-state index contributed by atoms with van der Waals surface area (Å²) >= 11 is 0. The third-order valence-corrected chi connectivity index (χ3v) is 3.70. The molecule has 1 aromatic heterocycles. The predicted octanol–water partition coefficient (Wildman–Crippen LogP) is 2.90. The fourth-order valence-corrected chi connectivity index (χ4v) is 2.60. The van der Waals surface area contributed by atoms with Gasteiger partial charge in [0, 0.05) is 20.1 Å². The molecule has 2 N–H and O–H groups in total. The molecule has 0 spiro atoms. The number of hydrogen-bond acceptors (Lipinski definition) is 4. The number of alkyl halides is 3. The summed E-state index contributed by atoms with van der Waals surface area (Å²) in [7, 11) is 3.62. The van der Waals surface area contributed by atoms with Gasteiger partial charge in [0.05, 0.1) is 5.56 Å². The lowest BCUT2D eigenvalue weighted by Crippen LogP contribution is -2.35. The van der Waals surface area contributed by atoms with Gasteiger partial charge in [-0.2, -0.15) is 13.2 Å². The highest BCUT2D eigenvalue weighted by Gasteiger charge is 2.31. The van der Waals surface area contributed by atoms with Crippen LogP contribution in [-0.4, -0.2) is 43.6 Å². The first-order chi connectivity index (χ1) is 9.88. The van der Waals surface area contributed by atoms with Gasteiger partial charge in [-0.1, -0.05) is 0 Å². The number of hydrogen-bond donors (Lipinski definition) is 2. The van der Waals surface area contributed by atoms with E-state index < -0.39 is 11.7 Å². The van der Waals surface area contributed by atoms with Crippen LogP contribution in [0.5, 0.6) is 0 Å². The van der Waals surface area contributed by atoms with Crippen molar-refractivity contribution in [3.63, 3.8) is 0 Å². The minimum atomic E-state index is -4.37. The van der Waals surface area contributed by atoms with Crippen LogP contribution in [0, 0.1) is 5.92 Å². The van der Waals surface area contributed by atoms with Crippen LogP contribution in [0.2, 0.25) is 0 Å². The Kier molecular flexibility index (Phi) is 4.92. The Morgan fingerprint density at radius 2 is 2.05 bits per heavy atom. The molecule has 1 saturated heterocycles. The smallest absolute Gasteiger partial charge is 0.373 e. The van der Waals surface area contributed by atoms with Gasteiger partial charge in [0.2, 0.25) is 0 Å². The molecule has 0 aliphatic carbocycles. The number of pyridine rings is 1. The third-order valence-electron chi connectivity index (χ3n) is 3.70. The van der Waals surface area contributed by atoms with Crippen molar-refractivity contribution in [1.29, 1.82) is 0 Å². The summed E-state index contributed by atoms with van der Waals surface area (Å²) in [5, 5.41) is 5.71. The van der Waals surface area contributed by atoms with Gasteiger partial charge in [0.1, 0.15) is 11.6 Å². The maximum Gasteiger partial charge on any atom is 0.416 e. The number of rotatable bonds is 4. The molecule has 118 valence electrons. The molecule has 1 fully saturated rings. The molecule has 7 heteroatoms. The third kappa shape index (κ3) is 4.49. The Balaban J connectivity index is 2.05. The molecule has 0 radical (unpaired) electrons. The molecule has 0 bridgehead atoms. The van der Waals surface area contributed by atoms with Crippen LogP contribution >= 0.6 is 0 Å². The summed E-state index contributed by atoms with van der Waals surface area (Å²) in [5.41, 5.74) is -0.690. The Labute approximate surface area is 122 Å². The highest BCUT2D eigenvalue weighted by atomic mass is 19.4. The molecule has 0 aromatic carbocycles. The van der Waals surface area contributed by atoms with Gasteiger partial charge in [0.15, 0.2) is 0 Å². The van der Waals surface area contributed by atoms with Crippen LogP contribution in [0.4, 0.5) is 24.8 Å². The number of aromatic nitrogens is 1. The maximum atomic E-state index is 12.8. The second-order valence-electron chi connectivity index (χ2n) is 5.53. The van der Waals surface area contributed by atoms with Crippen molar-refractivity contribution in [2.75, 3.05) is 44.4 Å². The second kappa shape index (κ2) is 6.51. The molecule has 1 aliphatic rings. The summed E-state index contributed by atoms with van der Waals surface area (Å²) < 4.78 is 38.5. The minimum absolute atomic E-state index is 0.216. The van der Waals surface area contributed by atoms with Crippen LogP contribution in [0.3, 0.4) is 0 Å². The van der Waals surface area contributed by atoms with Crippen molar-refractivity contribution in [2.45, 2.75) is 19.0 Å². The molecule has 1 aromatic rings. The van der Waals surface area contributed by atoms with Crippen molar-refractivity contribution >= 4 is 11.6 Å². The van der Waals surface area contributed by atoms with E-state index in [0.717, 1.165) is 38.1 Å². The van der Waals surface area contributed by atoms with Crippen LogP contribution in [0.15, 0.2) is 12.1 Å². The first-order valence-electron chi connectivity index (χ1n) is 7.08. The molecule has 0 amide bonds. The normalized spacial score (nSPS) is 20.3. The molecular weight excluding hydrogens is 281 g/mol. The Hall–Kier alpha value is -1.50. The lowest BCUT2D eigenvalue weighted by molar-refractivity contribution is -0.137. The molecule has 4 nitrogen and oxygen atoms in total. The zero-order chi connectivity index (χ0) is 15.5. The van der Waals surface area contributed by atoms with E-state index in [0.29, 0.717) is 12.5 Å². The summed E-state index contributed by atoms with van der Waals surface area (Å²) in [4.78, 5) is 6.38. The highest BCUT2D eigenvalue weighted by molar-refractivity contribution is 5.49. The highest BCUT2D eigenvalue weighted by Crippen LogP contribution is 2.32. The van der Waals surface area contributed by atoms with E-state index in [-0.39, 0.29) is 11.6 Å². The molecule has 2 rings (SSSR count). The number of nitrogens with one attached hydrogen (secondary N) is 2. The Bertz CT molecular complexity index is 476. The topological polar surface area (TPSA) is 40.2 Å². The molecule has 0 saturated carbocycles. The van der Waals surface area contributed by atoms with E-state index in [1.807, 2.05) is 0 Å². The SMILES string of the molecule is CNc1cc(C(F)(F)F)cc(NCC2CCCN(C)C2)n1. The number of halogens is 3. The Morgan fingerprint density at radius 1 is 1.33 bits per heavy atom. The first-order valence-corrected chi connectivity index (χ1v) is 7.08. The summed E-state index contributed by atoms with van der Waals surface area (Å²) in [6.45, 7) is 2.69. The predicted molar refractivity (Wildman–Crippen MR) is 77.5 cm³/mol. The van der Waals surface area contributed by atoms with Crippen LogP contribution in [-0.2, 0) is 6.18 Å². The molecule has 2 heterocycles. The Morgan fingerprint density at radius 3 is 2.67 bits per heavy atom. The minimum Gasteiger partial charge on any atom is -0.373 e. The fourth-order valence-electron chi connectivity index (χ4n) is 2.60. The monoisotopic (exact) mass is 302 g/mol.